The van der Waals surface area contributed by atoms with Crippen molar-refractivity contribution >= 4 is 0 Å². The summed E-state index contributed by atoms with van der Waals surface area (Å²) in [4.78, 5) is 8.50. The van der Waals surface area contributed by atoms with Gasteiger partial charge in [0.25, 0.3) is 0 Å². The summed E-state index contributed by atoms with van der Waals surface area (Å²) in [6, 6.07) is 5.62. The number of hydrogen-bond donors (Lipinski definition) is 1. The summed E-state index contributed by atoms with van der Waals surface area (Å²) in [5, 5.41) is 7.30. The summed E-state index contributed by atoms with van der Waals surface area (Å²) in [6.45, 7) is 7.19. The monoisotopic (exact) mass is 246 g/mol. The van der Waals surface area contributed by atoms with Gasteiger partial charge < -0.3 is 9.84 Å². The Bertz CT molecular complexity index is 487. The van der Waals surface area contributed by atoms with Crippen LogP contribution in [-0.2, 0) is 6.42 Å². The van der Waals surface area contributed by atoms with Crippen molar-refractivity contribution < 1.29 is 4.52 Å². The van der Waals surface area contributed by atoms with E-state index < -0.39 is 0 Å². The minimum absolute atomic E-state index is 0.101. The first kappa shape index (κ1) is 12.7. The van der Waals surface area contributed by atoms with E-state index in [0.29, 0.717) is 11.7 Å². The van der Waals surface area contributed by atoms with Crippen LogP contribution in [0.1, 0.15) is 26.7 Å². The normalized spacial score (nSPS) is 11.7. The molecule has 0 saturated carbocycles. The maximum absolute atomic E-state index is 5.19. The van der Waals surface area contributed by atoms with E-state index in [0.717, 1.165) is 18.7 Å². The first-order valence-corrected chi connectivity index (χ1v) is 6.04. The van der Waals surface area contributed by atoms with Gasteiger partial charge >= 0.3 is 0 Å². The van der Waals surface area contributed by atoms with Crippen molar-refractivity contribution in [3.63, 3.8) is 0 Å². The highest BCUT2D eigenvalue weighted by molar-refractivity contribution is 5.46. The molecule has 2 heterocycles. The third kappa shape index (κ3) is 3.63. The van der Waals surface area contributed by atoms with Crippen LogP contribution in [0.5, 0.6) is 0 Å². The van der Waals surface area contributed by atoms with Crippen LogP contribution >= 0.6 is 0 Å². The van der Waals surface area contributed by atoms with Crippen LogP contribution in [0.15, 0.2) is 28.9 Å². The second-order valence-corrected chi connectivity index (χ2v) is 5.15. The molecule has 0 saturated heterocycles. The molecule has 2 aromatic rings. The summed E-state index contributed by atoms with van der Waals surface area (Å²) in [6.07, 6.45) is 2.43. The molecule has 0 aliphatic heterocycles. The molecule has 5 heteroatoms. The molecule has 0 aliphatic rings. The van der Waals surface area contributed by atoms with E-state index in [1.165, 1.54) is 0 Å². The quantitative estimate of drug-likeness (QED) is 0.894. The molecule has 18 heavy (non-hydrogen) atoms. The number of pyridine rings is 1. The summed E-state index contributed by atoms with van der Waals surface area (Å²) in [5.41, 5.74) is 0.834. The molecule has 0 unspecified atom stereocenters. The van der Waals surface area contributed by atoms with Crippen LogP contribution in [-0.4, -0.2) is 27.2 Å². The largest absolute Gasteiger partial charge is 0.339 e. The Hall–Kier alpha value is -1.75. The SMILES string of the molecule is CC(C)(C)NCCc1nc(-c2ccccn2)no1. The summed E-state index contributed by atoms with van der Waals surface area (Å²) < 4.78 is 5.19. The molecule has 5 nitrogen and oxygen atoms in total. The fourth-order valence-corrected chi connectivity index (χ4v) is 1.50. The van der Waals surface area contributed by atoms with Crippen molar-refractivity contribution in [3.8, 4) is 11.5 Å². The first-order valence-electron chi connectivity index (χ1n) is 6.04. The zero-order valence-corrected chi connectivity index (χ0v) is 11.0. The van der Waals surface area contributed by atoms with Gasteiger partial charge in [-0.1, -0.05) is 11.2 Å². The maximum atomic E-state index is 5.19. The molecular weight excluding hydrogens is 228 g/mol. The van der Waals surface area contributed by atoms with Crippen molar-refractivity contribution in [3.05, 3.63) is 30.3 Å². The lowest BCUT2D eigenvalue weighted by Crippen LogP contribution is -2.37. The lowest BCUT2D eigenvalue weighted by Gasteiger charge is -2.19. The van der Waals surface area contributed by atoms with E-state index in [2.05, 4.69) is 41.2 Å². The van der Waals surface area contributed by atoms with Crippen molar-refractivity contribution in [2.45, 2.75) is 32.7 Å². The van der Waals surface area contributed by atoms with E-state index >= 15 is 0 Å². The Kier molecular flexibility index (Phi) is 3.72. The van der Waals surface area contributed by atoms with Crippen LogP contribution in [0.3, 0.4) is 0 Å². The predicted octanol–water partition coefficient (Wildman–Crippen LogP) is 2.06. The molecule has 0 fully saturated rings. The highest BCUT2D eigenvalue weighted by atomic mass is 16.5. The maximum Gasteiger partial charge on any atom is 0.228 e. The number of nitrogens with one attached hydrogen (secondary N) is 1. The van der Waals surface area contributed by atoms with Gasteiger partial charge in [0.2, 0.25) is 11.7 Å². The molecule has 0 radical (unpaired) electrons. The van der Waals surface area contributed by atoms with E-state index in [9.17, 15) is 0 Å². The van der Waals surface area contributed by atoms with Gasteiger partial charge in [-0.25, -0.2) is 0 Å². The standard InChI is InChI=1S/C13H18N4O/c1-13(2,3)15-9-7-11-16-12(17-18-11)10-6-4-5-8-14-10/h4-6,8,15H,7,9H2,1-3H3. The second-order valence-electron chi connectivity index (χ2n) is 5.15. The average Bonchev–Trinajstić information content (AvgIpc) is 2.77. The fourth-order valence-electron chi connectivity index (χ4n) is 1.50. The van der Waals surface area contributed by atoms with Crippen molar-refractivity contribution in [2.75, 3.05) is 6.54 Å². The third-order valence-electron chi connectivity index (χ3n) is 2.36. The van der Waals surface area contributed by atoms with E-state index in [4.69, 9.17) is 4.52 Å². The Morgan fingerprint density at radius 1 is 1.28 bits per heavy atom. The number of hydrogen-bond acceptors (Lipinski definition) is 5. The highest BCUT2D eigenvalue weighted by Crippen LogP contribution is 2.11. The number of aromatic nitrogens is 3. The average molecular weight is 246 g/mol. The topological polar surface area (TPSA) is 63.8 Å². The van der Waals surface area contributed by atoms with Gasteiger partial charge in [-0.15, -0.1) is 0 Å². The first-order chi connectivity index (χ1) is 8.54. The molecule has 2 rings (SSSR count). The summed E-state index contributed by atoms with van der Waals surface area (Å²) in [7, 11) is 0. The Labute approximate surface area is 107 Å². The molecule has 0 atom stereocenters. The second kappa shape index (κ2) is 5.27. The van der Waals surface area contributed by atoms with Crippen molar-refractivity contribution in [2.24, 2.45) is 0 Å². The van der Waals surface area contributed by atoms with E-state index in [-0.39, 0.29) is 5.54 Å². The molecule has 2 aromatic heterocycles. The van der Waals surface area contributed by atoms with Gasteiger partial charge in [0.1, 0.15) is 5.69 Å². The molecule has 96 valence electrons. The molecule has 0 aromatic carbocycles. The van der Waals surface area contributed by atoms with Gasteiger partial charge in [-0.05, 0) is 32.9 Å². The Balaban J connectivity index is 1.95. The van der Waals surface area contributed by atoms with Gasteiger partial charge in [0.05, 0.1) is 0 Å². The lowest BCUT2D eigenvalue weighted by molar-refractivity contribution is 0.362. The Morgan fingerprint density at radius 2 is 2.11 bits per heavy atom. The zero-order valence-electron chi connectivity index (χ0n) is 11.0. The van der Waals surface area contributed by atoms with Gasteiger partial charge in [-0.2, -0.15) is 4.98 Å². The highest BCUT2D eigenvalue weighted by Gasteiger charge is 2.11. The molecule has 0 amide bonds. The van der Waals surface area contributed by atoms with Crippen LogP contribution in [0.4, 0.5) is 0 Å². The number of nitrogens with zero attached hydrogens (tertiary/aromatic N) is 3. The Morgan fingerprint density at radius 3 is 2.78 bits per heavy atom. The molecule has 1 N–H and O–H groups in total. The van der Waals surface area contributed by atoms with Crippen LogP contribution in [0, 0.1) is 0 Å². The van der Waals surface area contributed by atoms with Crippen molar-refractivity contribution in [1.29, 1.82) is 0 Å². The third-order valence-corrected chi connectivity index (χ3v) is 2.36. The summed E-state index contributed by atoms with van der Waals surface area (Å²) >= 11 is 0. The molecular formula is C13H18N4O. The number of rotatable bonds is 4. The van der Waals surface area contributed by atoms with Crippen LogP contribution < -0.4 is 5.32 Å². The minimum Gasteiger partial charge on any atom is -0.339 e. The van der Waals surface area contributed by atoms with Crippen molar-refractivity contribution in [1.82, 2.24) is 20.4 Å². The molecule has 0 bridgehead atoms. The van der Waals surface area contributed by atoms with Crippen LogP contribution in [0.25, 0.3) is 11.5 Å². The zero-order chi connectivity index (χ0) is 13.0. The molecule has 0 aliphatic carbocycles. The van der Waals surface area contributed by atoms with E-state index in [1.54, 1.807) is 6.20 Å². The predicted molar refractivity (Wildman–Crippen MR) is 69.0 cm³/mol. The van der Waals surface area contributed by atoms with Gasteiger partial charge in [0.15, 0.2) is 0 Å². The smallest absolute Gasteiger partial charge is 0.228 e. The van der Waals surface area contributed by atoms with Crippen LogP contribution in [0.2, 0.25) is 0 Å². The summed E-state index contributed by atoms with van der Waals surface area (Å²) in [5.74, 6) is 1.17. The lowest BCUT2D eigenvalue weighted by atomic mass is 10.1. The van der Waals surface area contributed by atoms with E-state index in [1.807, 2.05) is 18.2 Å². The molecule has 0 spiro atoms. The van der Waals surface area contributed by atoms with Gasteiger partial charge in [-0.3, -0.25) is 4.98 Å². The minimum atomic E-state index is 0.101. The van der Waals surface area contributed by atoms with Gasteiger partial charge in [0, 0.05) is 24.7 Å². The fraction of sp³-hybridized carbons (Fsp3) is 0.462.